The number of carbonyl (C=O) groups excluding carboxylic acids is 1. The van der Waals surface area contributed by atoms with Crippen LogP contribution in [0.5, 0.6) is 0 Å². The molecule has 0 aliphatic carbocycles. The number of unbranched alkanes of at least 4 members (excludes halogenated alkanes) is 1. The minimum atomic E-state index is 0. The highest BCUT2D eigenvalue weighted by Crippen LogP contribution is 2.15. The summed E-state index contributed by atoms with van der Waals surface area (Å²) in [5.74, 6) is 1.83. The molecule has 1 fully saturated rings. The number of hydrogen-bond donors (Lipinski definition) is 2. The summed E-state index contributed by atoms with van der Waals surface area (Å²) >= 11 is 0. The molecule has 1 unspecified atom stereocenters. The van der Waals surface area contributed by atoms with Crippen molar-refractivity contribution in [1.29, 1.82) is 0 Å². The van der Waals surface area contributed by atoms with Gasteiger partial charge in [0.25, 0.3) is 0 Å². The molecule has 0 radical (unpaired) electrons. The van der Waals surface area contributed by atoms with Gasteiger partial charge in [0, 0.05) is 39.6 Å². The van der Waals surface area contributed by atoms with Crippen molar-refractivity contribution in [2.45, 2.75) is 65.5 Å². The van der Waals surface area contributed by atoms with Crippen molar-refractivity contribution in [3.8, 4) is 0 Å². The van der Waals surface area contributed by atoms with Crippen LogP contribution in [0.3, 0.4) is 0 Å². The predicted octanol–water partition coefficient (Wildman–Crippen LogP) is 4.31. The molecule has 1 heterocycles. The fourth-order valence-corrected chi connectivity index (χ4v) is 3.52. The highest BCUT2D eigenvalue weighted by molar-refractivity contribution is 14.0. The molecule has 2 rings (SSSR count). The van der Waals surface area contributed by atoms with Gasteiger partial charge in [-0.25, -0.2) is 0 Å². The van der Waals surface area contributed by atoms with Gasteiger partial charge < -0.3 is 15.5 Å². The lowest BCUT2D eigenvalue weighted by Crippen LogP contribution is -2.39. The number of rotatable bonds is 10. The molecule has 0 saturated carbocycles. The van der Waals surface area contributed by atoms with Gasteiger partial charge in [0.2, 0.25) is 5.91 Å². The molecule has 158 valence electrons. The maximum atomic E-state index is 11.8. The molecule has 1 saturated heterocycles. The van der Waals surface area contributed by atoms with E-state index in [9.17, 15) is 4.79 Å². The van der Waals surface area contributed by atoms with E-state index in [1.54, 1.807) is 0 Å². The second kappa shape index (κ2) is 13.8. The van der Waals surface area contributed by atoms with Crippen molar-refractivity contribution in [1.82, 2.24) is 15.5 Å². The zero-order valence-corrected chi connectivity index (χ0v) is 20.0. The molecule has 1 aliphatic rings. The number of halogens is 1. The van der Waals surface area contributed by atoms with Crippen LogP contribution in [-0.2, 0) is 17.9 Å². The van der Waals surface area contributed by atoms with Gasteiger partial charge in [0.15, 0.2) is 5.96 Å². The minimum absolute atomic E-state index is 0. The first kappa shape index (κ1) is 24.7. The Bertz CT molecular complexity index is 620. The molecule has 0 bridgehead atoms. The van der Waals surface area contributed by atoms with Crippen molar-refractivity contribution in [2.24, 2.45) is 10.9 Å². The zero-order valence-electron chi connectivity index (χ0n) is 17.7. The normalized spacial score (nSPS) is 15.3. The number of nitrogens with one attached hydrogen (secondary N) is 2. The summed E-state index contributed by atoms with van der Waals surface area (Å²) in [5.41, 5.74) is 2.40. The smallest absolute Gasteiger partial charge is 0.222 e. The predicted molar refractivity (Wildman–Crippen MR) is 128 cm³/mol. The summed E-state index contributed by atoms with van der Waals surface area (Å²) < 4.78 is 0. The summed E-state index contributed by atoms with van der Waals surface area (Å²) in [6, 6.07) is 8.47. The summed E-state index contributed by atoms with van der Waals surface area (Å²) in [4.78, 5) is 18.1. The Morgan fingerprint density at radius 1 is 1.25 bits per heavy atom. The molecule has 28 heavy (non-hydrogen) atoms. The van der Waals surface area contributed by atoms with E-state index in [-0.39, 0.29) is 29.9 Å². The van der Waals surface area contributed by atoms with Crippen molar-refractivity contribution < 1.29 is 4.79 Å². The molecular weight excluding hydrogens is 463 g/mol. The summed E-state index contributed by atoms with van der Waals surface area (Å²) in [7, 11) is 1.82. The van der Waals surface area contributed by atoms with E-state index in [2.05, 4.69) is 53.7 Å². The third kappa shape index (κ3) is 8.37. The standard InChI is InChI=1S/C22H36N4O.HI/c1-4-6-9-18(5-2)15-24-22(23-3)25-16-19-10-7-11-20(14-19)17-26-13-8-12-21(26)27;/h7,10-11,14,18H,4-6,8-9,12-13,15-17H2,1-3H3,(H2,23,24,25);1H. The molecule has 6 heteroatoms. The molecular formula is C22H37IN4O. The van der Waals surface area contributed by atoms with Crippen molar-refractivity contribution in [3.05, 3.63) is 35.4 Å². The molecule has 1 atom stereocenters. The Hall–Kier alpha value is -1.31. The van der Waals surface area contributed by atoms with Gasteiger partial charge in [0.1, 0.15) is 0 Å². The maximum Gasteiger partial charge on any atom is 0.222 e. The van der Waals surface area contributed by atoms with Gasteiger partial charge in [-0.2, -0.15) is 0 Å². The highest BCUT2D eigenvalue weighted by atomic mass is 127. The molecule has 1 aromatic rings. The van der Waals surface area contributed by atoms with Crippen LogP contribution in [0.1, 0.15) is 63.5 Å². The third-order valence-corrected chi connectivity index (χ3v) is 5.32. The maximum absolute atomic E-state index is 11.8. The Labute approximate surface area is 187 Å². The minimum Gasteiger partial charge on any atom is -0.356 e. The van der Waals surface area contributed by atoms with Crippen molar-refractivity contribution in [3.63, 3.8) is 0 Å². The SMILES string of the molecule is CCCCC(CC)CNC(=NC)NCc1cccc(CN2CCCC2=O)c1.I. The fraction of sp³-hybridized carbons (Fsp3) is 0.636. The molecule has 1 aliphatic heterocycles. The van der Waals surface area contributed by atoms with Gasteiger partial charge in [-0.3, -0.25) is 9.79 Å². The van der Waals surface area contributed by atoms with E-state index in [4.69, 9.17) is 0 Å². The summed E-state index contributed by atoms with van der Waals surface area (Å²) in [5, 5.41) is 6.87. The molecule has 0 aromatic heterocycles. The first-order valence-electron chi connectivity index (χ1n) is 10.5. The Morgan fingerprint density at radius 3 is 2.68 bits per heavy atom. The number of amides is 1. The van der Waals surface area contributed by atoms with Gasteiger partial charge in [-0.15, -0.1) is 24.0 Å². The van der Waals surface area contributed by atoms with Crippen LogP contribution in [0.4, 0.5) is 0 Å². The van der Waals surface area contributed by atoms with E-state index in [0.29, 0.717) is 12.3 Å². The largest absolute Gasteiger partial charge is 0.356 e. The first-order valence-corrected chi connectivity index (χ1v) is 10.5. The zero-order chi connectivity index (χ0) is 19.5. The van der Waals surface area contributed by atoms with Crippen molar-refractivity contribution >= 4 is 35.8 Å². The van der Waals surface area contributed by atoms with Crippen LogP contribution in [0.15, 0.2) is 29.3 Å². The van der Waals surface area contributed by atoms with Crippen LogP contribution >= 0.6 is 24.0 Å². The number of guanidine groups is 1. The number of aliphatic imine (C=N–C) groups is 1. The van der Waals surface area contributed by atoms with E-state index in [1.165, 1.54) is 36.8 Å². The van der Waals surface area contributed by atoms with Crippen molar-refractivity contribution in [2.75, 3.05) is 20.1 Å². The topological polar surface area (TPSA) is 56.7 Å². The average molecular weight is 500 g/mol. The second-order valence-corrected chi connectivity index (χ2v) is 7.46. The lowest BCUT2D eigenvalue weighted by atomic mass is 9.99. The van der Waals surface area contributed by atoms with E-state index >= 15 is 0 Å². The highest BCUT2D eigenvalue weighted by Gasteiger charge is 2.19. The van der Waals surface area contributed by atoms with E-state index < -0.39 is 0 Å². The van der Waals surface area contributed by atoms with Crippen LogP contribution in [0, 0.1) is 5.92 Å². The Kier molecular flexibility index (Phi) is 12.2. The van der Waals surface area contributed by atoms with E-state index in [1.807, 2.05) is 11.9 Å². The molecule has 0 spiro atoms. The molecule has 1 amide bonds. The summed E-state index contributed by atoms with van der Waals surface area (Å²) in [6.45, 7) is 7.80. The number of nitrogens with zero attached hydrogens (tertiary/aromatic N) is 2. The third-order valence-electron chi connectivity index (χ3n) is 5.32. The number of benzene rings is 1. The molecule has 1 aromatic carbocycles. The number of likely N-dealkylation sites (tertiary alicyclic amines) is 1. The van der Waals surface area contributed by atoms with Gasteiger partial charge in [0.05, 0.1) is 0 Å². The monoisotopic (exact) mass is 500 g/mol. The Morgan fingerprint density at radius 2 is 2.04 bits per heavy atom. The van der Waals surface area contributed by atoms with Crippen LogP contribution in [-0.4, -0.2) is 36.9 Å². The Balaban J connectivity index is 0.00000392. The number of hydrogen-bond acceptors (Lipinski definition) is 2. The molecule has 2 N–H and O–H groups in total. The van der Waals surface area contributed by atoms with Gasteiger partial charge in [-0.1, -0.05) is 57.4 Å². The van der Waals surface area contributed by atoms with Gasteiger partial charge in [-0.05, 0) is 29.9 Å². The summed E-state index contributed by atoms with van der Waals surface area (Å²) in [6.07, 6.45) is 6.69. The number of carbonyl (C=O) groups is 1. The lowest BCUT2D eigenvalue weighted by Gasteiger charge is -2.18. The molecule has 5 nitrogen and oxygen atoms in total. The quantitative estimate of drug-likeness (QED) is 0.286. The van der Waals surface area contributed by atoms with Crippen LogP contribution < -0.4 is 10.6 Å². The van der Waals surface area contributed by atoms with Crippen LogP contribution in [0.2, 0.25) is 0 Å². The fourth-order valence-electron chi connectivity index (χ4n) is 3.52. The van der Waals surface area contributed by atoms with E-state index in [0.717, 1.165) is 38.6 Å². The lowest BCUT2D eigenvalue weighted by molar-refractivity contribution is -0.128. The first-order chi connectivity index (χ1) is 13.2. The van der Waals surface area contributed by atoms with Gasteiger partial charge >= 0.3 is 0 Å². The van der Waals surface area contributed by atoms with Crippen LogP contribution in [0.25, 0.3) is 0 Å². The second-order valence-electron chi connectivity index (χ2n) is 7.46. The average Bonchev–Trinajstić information content (AvgIpc) is 3.09.